The van der Waals surface area contributed by atoms with Gasteiger partial charge in [0.05, 0.1) is 6.54 Å². The maximum Gasteiger partial charge on any atom is 0.270 e. The molecule has 190 valence electrons. The molecule has 5 heteroatoms. The molecule has 1 aliphatic heterocycles. The molecule has 1 aliphatic rings. The summed E-state index contributed by atoms with van der Waals surface area (Å²) in [5, 5.41) is 3.08. The van der Waals surface area contributed by atoms with Gasteiger partial charge in [-0.2, -0.15) is 0 Å². The molecular weight excluding hydrogens is 445 g/mol. The summed E-state index contributed by atoms with van der Waals surface area (Å²) in [6, 6.07) is 14.2. The van der Waals surface area contributed by atoms with E-state index in [1.54, 1.807) is 0 Å². The van der Waals surface area contributed by atoms with Crippen LogP contribution in [0, 0.1) is 11.7 Å². The second-order valence-corrected chi connectivity index (χ2v) is 9.91. The Labute approximate surface area is 208 Å². The fourth-order valence-corrected chi connectivity index (χ4v) is 5.01. The molecule has 2 unspecified atom stereocenters. The van der Waals surface area contributed by atoms with Crippen LogP contribution in [-0.4, -0.2) is 24.5 Å². The van der Waals surface area contributed by atoms with Crippen molar-refractivity contribution < 1.29 is 13.2 Å². The van der Waals surface area contributed by atoms with E-state index in [0.717, 1.165) is 44.3 Å². The third kappa shape index (κ3) is 7.65. The van der Waals surface area contributed by atoms with Crippen molar-refractivity contribution in [3.8, 4) is 0 Å². The van der Waals surface area contributed by atoms with Crippen molar-refractivity contribution in [3.05, 3.63) is 89.9 Å². The second kappa shape index (κ2) is 12.3. The van der Waals surface area contributed by atoms with Crippen LogP contribution in [0.3, 0.4) is 0 Å². The first kappa shape index (κ1) is 26.9. The van der Waals surface area contributed by atoms with Crippen LogP contribution in [0.2, 0.25) is 0 Å². The molecule has 0 aliphatic carbocycles. The summed E-state index contributed by atoms with van der Waals surface area (Å²) in [5.41, 5.74) is 2.49. The summed E-state index contributed by atoms with van der Waals surface area (Å²) in [6.45, 7) is 13.5. The van der Waals surface area contributed by atoms with Gasteiger partial charge in [0, 0.05) is 42.5 Å². The van der Waals surface area contributed by atoms with E-state index in [0.29, 0.717) is 18.4 Å². The first-order valence-corrected chi connectivity index (χ1v) is 12.8. The quantitative estimate of drug-likeness (QED) is 0.309. The van der Waals surface area contributed by atoms with E-state index in [4.69, 9.17) is 0 Å². The van der Waals surface area contributed by atoms with Gasteiger partial charge in [-0.05, 0) is 55.2 Å². The summed E-state index contributed by atoms with van der Waals surface area (Å²) in [4.78, 5) is 2.28. The molecule has 1 fully saturated rings. The number of benzene rings is 2. The van der Waals surface area contributed by atoms with Gasteiger partial charge in [-0.1, -0.05) is 69.3 Å². The minimum atomic E-state index is -3.03. The first-order valence-electron chi connectivity index (χ1n) is 12.8. The van der Waals surface area contributed by atoms with Gasteiger partial charge >= 0.3 is 0 Å². The normalized spacial score (nSPS) is 16.8. The zero-order valence-electron chi connectivity index (χ0n) is 21.1. The Morgan fingerprint density at radius 2 is 1.89 bits per heavy atom. The van der Waals surface area contributed by atoms with Gasteiger partial charge in [-0.3, -0.25) is 0 Å². The number of halogens is 3. The van der Waals surface area contributed by atoms with Gasteiger partial charge in [-0.15, -0.1) is 0 Å². The van der Waals surface area contributed by atoms with E-state index in [1.807, 2.05) is 0 Å². The van der Waals surface area contributed by atoms with E-state index in [2.05, 4.69) is 60.6 Å². The molecule has 1 heterocycles. The zero-order valence-corrected chi connectivity index (χ0v) is 21.1. The van der Waals surface area contributed by atoms with Crippen LogP contribution < -0.4 is 5.32 Å². The monoisotopic (exact) mass is 484 g/mol. The van der Waals surface area contributed by atoms with Gasteiger partial charge in [0.15, 0.2) is 0 Å². The van der Waals surface area contributed by atoms with E-state index < -0.39 is 11.7 Å². The molecule has 1 N–H and O–H groups in total. The number of rotatable bonds is 13. The Morgan fingerprint density at radius 1 is 1.14 bits per heavy atom. The third-order valence-electron chi connectivity index (χ3n) is 7.11. The predicted molar refractivity (Wildman–Crippen MR) is 140 cm³/mol. The highest BCUT2D eigenvalue weighted by Crippen LogP contribution is 2.31. The summed E-state index contributed by atoms with van der Waals surface area (Å²) >= 11 is 0. The Balaban J connectivity index is 1.45. The van der Waals surface area contributed by atoms with E-state index in [-0.39, 0.29) is 16.8 Å². The number of hydrogen-bond acceptors (Lipinski definition) is 2. The second-order valence-electron chi connectivity index (χ2n) is 9.91. The number of nitrogens with zero attached hydrogens (tertiary/aromatic N) is 1. The Morgan fingerprint density at radius 3 is 2.57 bits per heavy atom. The minimum Gasteiger partial charge on any atom is -0.379 e. The van der Waals surface area contributed by atoms with Crippen molar-refractivity contribution in [2.24, 2.45) is 5.92 Å². The smallest absolute Gasteiger partial charge is 0.270 e. The van der Waals surface area contributed by atoms with E-state index in [9.17, 15) is 13.2 Å². The summed E-state index contributed by atoms with van der Waals surface area (Å²) in [5.74, 6) is -2.32. The lowest BCUT2D eigenvalue weighted by Gasteiger charge is -2.23. The molecule has 2 nitrogen and oxygen atoms in total. The van der Waals surface area contributed by atoms with E-state index in [1.165, 1.54) is 43.7 Å². The molecule has 0 aromatic heterocycles. The lowest BCUT2D eigenvalue weighted by atomic mass is 9.88. The van der Waals surface area contributed by atoms with Crippen molar-refractivity contribution in [2.75, 3.05) is 19.6 Å². The van der Waals surface area contributed by atoms with E-state index >= 15 is 0 Å². The predicted octanol–water partition coefficient (Wildman–Crippen LogP) is 8.09. The average Bonchev–Trinajstić information content (AvgIpc) is 3.31. The number of hydrogen-bond donors (Lipinski definition) is 1. The standard InChI is InChI=1S/C30H39F3N2/c1-5-10-25(26-12-7-6-8-13-26)14-9-11-24-17-18-35(21-24)22(2)20-34-23(3)28-19-27(30(4,32)33)15-16-29(28)31/h6-8,12-13,15-16,19,24-25,34H,2-3,5,9-11,14,17-18,20-21H2,1,4H3. The summed E-state index contributed by atoms with van der Waals surface area (Å²) in [6.07, 6.45) is 7.22. The molecule has 2 aromatic carbocycles. The molecule has 0 spiro atoms. The molecule has 0 radical (unpaired) electrons. The van der Waals surface area contributed by atoms with Crippen LogP contribution in [0.15, 0.2) is 67.4 Å². The Bertz CT molecular complexity index is 981. The van der Waals surface area contributed by atoms with Crippen molar-refractivity contribution >= 4 is 5.70 Å². The molecule has 3 rings (SSSR count). The highest BCUT2D eigenvalue weighted by Gasteiger charge is 2.26. The fraction of sp³-hybridized carbons (Fsp3) is 0.467. The van der Waals surface area contributed by atoms with Crippen LogP contribution in [0.4, 0.5) is 13.2 Å². The Kier molecular flexibility index (Phi) is 9.47. The highest BCUT2D eigenvalue weighted by atomic mass is 19.3. The third-order valence-corrected chi connectivity index (χ3v) is 7.11. The number of alkyl halides is 2. The summed E-state index contributed by atoms with van der Waals surface area (Å²) < 4.78 is 41.5. The van der Waals surface area contributed by atoms with Gasteiger partial charge in [0.25, 0.3) is 5.92 Å². The van der Waals surface area contributed by atoms with Crippen molar-refractivity contribution in [3.63, 3.8) is 0 Å². The largest absolute Gasteiger partial charge is 0.379 e. The lowest BCUT2D eigenvalue weighted by Crippen LogP contribution is -2.27. The zero-order chi connectivity index (χ0) is 25.4. The van der Waals surface area contributed by atoms with Gasteiger partial charge in [0.2, 0.25) is 0 Å². The van der Waals surface area contributed by atoms with Crippen LogP contribution in [0.5, 0.6) is 0 Å². The lowest BCUT2D eigenvalue weighted by molar-refractivity contribution is 0.0174. The Hall–Kier alpha value is -2.69. The topological polar surface area (TPSA) is 15.3 Å². The molecule has 35 heavy (non-hydrogen) atoms. The number of likely N-dealkylation sites (tertiary alicyclic amines) is 1. The number of nitrogens with one attached hydrogen (secondary N) is 1. The maximum absolute atomic E-state index is 14.2. The molecule has 0 saturated carbocycles. The summed E-state index contributed by atoms with van der Waals surface area (Å²) in [7, 11) is 0. The van der Waals surface area contributed by atoms with Crippen molar-refractivity contribution in [1.29, 1.82) is 0 Å². The molecule has 2 atom stereocenters. The average molecular weight is 485 g/mol. The molecular formula is C30H39F3N2. The van der Waals surface area contributed by atoms with Crippen LogP contribution in [0.1, 0.15) is 75.0 Å². The van der Waals surface area contributed by atoms with Gasteiger partial charge < -0.3 is 10.2 Å². The maximum atomic E-state index is 14.2. The van der Waals surface area contributed by atoms with Crippen LogP contribution >= 0.6 is 0 Å². The van der Waals surface area contributed by atoms with Crippen LogP contribution in [0.25, 0.3) is 5.70 Å². The highest BCUT2D eigenvalue weighted by molar-refractivity contribution is 5.63. The molecule has 0 bridgehead atoms. The van der Waals surface area contributed by atoms with Crippen molar-refractivity contribution in [2.45, 2.75) is 64.2 Å². The van der Waals surface area contributed by atoms with Gasteiger partial charge in [0.1, 0.15) is 5.82 Å². The SMILES string of the molecule is C=C(NCC(=C)N1CCC(CCCC(CCC)c2ccccc2)C1)c1cc(C(C)(F)F)ccc1F. The van der Waals surface area contributed by atoms with Gasteiger partial charge in [-0.25, -0.2) is 13.2 Å². The first-order chi connectivity index (χ1) is 16.7. The minimum absolute atomic E-state index is 0.0659. The van der Waals surface area contributed by atoms with Crippen LogP contribution in [-0.2, 0) is 5.92 Å². The fourth-order valence-electron chi connectivity index (χ4n) is 5.01. The molecule has 0 amide bonds. The molecule has 1 saturated heterocycles. The molecule has 2 aromatic rings. The van der Waals surface area contributed by atoms with Crippen molar-refractivity contribution in [1.82, 2.24) is 10.2 Å².